The molecule has 0 spiro atoms. The zero-order valence-corrected chi connectivity index (χ0v) is 15.9. The van der Waals surface area contributed by atoms with E-state index in [0.717, 1.165) is 6.42 Å². The number of anilines is 1. The Kier molecular flexibility index (Phi) is 13.2. The van der Waals surface area contributed by atoms with Gasteiger partial charge in [-0.1, -0.05) is 76.8 Å². The van der Waals surface area contributed by atoms with E-state index in [9.17, 15) is 0 Å². The summed E-state index contributed by atoms with van der Waals surface area (Å²) >= 11 is 0. The molecule has 0 unspecified atom stereocenters. The molecule has 0 saturated carbocycles. The molecule has 0 saturated heterocycles. The van der Waals surface area contributed by atoms with Gasteiger partial charge in [0, 0.05) is 18.1 Å². The molecular weight excluding hydrogens is 306 g/mol. The first-order valence-corrected chi connectivity index (χ1v) is 9.89. The van der Waals surface area contributed by atoms with Crippen LogP contribution in [0.25, 0.3) is 0 Å². The summed E-state index contributed by atoms with van der Waals surface area (Å²) in [7, 11) is 0. The van der Waals surface area contributed by atoms with Crippen LogP contribution in [0.2, 0.25) is 0 Å². The second-order valence-electron chi connectivity index (χ2n) is 6.51. The van der Waals surface area contributed by atoms with E-state index in [1.54, 1.807) is 12.3 Å². The van der Waals surface area contributed by atoms with E-state index in [1.807, 2.05) is 24.4 Å². The van der Waals surface area contributed by atoms with Gasteiger partial charge in [-0.25, -0.2) is 4.98 Å². The Morgan fingerprint density at radius 3 is 1.68 bits per heavy atom. The number of hydrogen-bond acceptors (Lipinski definition) is 3. The minimum atomic E-state index is 0.572. The number of nitrogens with zero attached hydrogens (tertiary/aromatic N) is 2. The van der Waals surface area contributed by atoms with Crippen molar-refractivity contribution in [2.45, 2.75) is 77.6 Å². The maximum Gasteiger partial charge on any atom is 0.123 e. The van der Waals surface area contributed by atoms with Gasteiger partial charge < -0.3 is 5.73 Å². The lowest BCUT2D eigenvalue weighted by Crippen LogP contribution is -1.89. The fraction of sp³-hybridized carbons (Fsp3) is 0.545. The van der Waals surface area contributed by atoms with E-state index in [4.69, 9.17) is 5.73 Å². The Morgan fingerprint density at radius 1 is 0.680 bits per heavy atom. The fourth-order valence-electron chi connectivity index (χ4n) is 2.72. The van der Waals surface area contributed by atoms with Crippen LogP contribution in [-0.4, -0.2) is 9.97 Å². The molecule has 2 N–H and O–H groups in total. The van der Waals surface area contributed by atoms with Gasteiger partial charge in [0.2, 0.25) is 0 Å². The summed E-state index contributed by atoms with van der Waals surface area (Å²) in [5, 5.41) is 0. The largest absolute Gasteiger partial charge is 0.384 e. The monoisotopic (exact) mass is 341 g/mol. The summed E-state index contributed by atoms with van der Waals surface area (Å²) in [4.78, 5) is 8.11. The van der Waals surface area contributed by atoms with Gasteiger partial charge in [0.1, 0.15) is 5.82 Å². The van der Waals surface area contributed by atoms with Crippen molar-refractivity contribution in [1.82, 2.24) is 9.97 Å². The van der Waals surface area contributed by atoms with Crippen molar-refractivity contribution >= 4 is 5.82 Å². The Morgan fingerprint density at radius 2 is 1.24 bits per heavy atom. The molecule has 0 aliphatic carbocycles. The Hall–Kier alpha value is -1.90. The molecule has 0 atom stereocenters. The van der Waals surface area contributed by atoms with Crippen molar-refractivity contribution in [2.24, 2.45) is 0 Å². The molecule has 0 aromatic carbocycles. The van der Waals surface area contributed by atoms with Crippen LogP contribution in [0.4, 0.5) is 5.82 Å². The molecule has 2 heterocycles. The van der Waals surface area contributed by atoms with Gasteiger partial charge in [-0.15, -0.1) is 0 Å². The van der Waals surface area contributed by atoms with Gasteiger partial charge in [-0.2, -0.15) is 0 Å². The van der Waals surface area contributed by atoms with Gasteiger partial charge >= 0.3 is 0 Å². The van der Waals surface area contributed by atoms with Gasteiger partial charge in [-0.05, 0) is 37.1 Å². The highest BCUT2D eigenvalue weighted by molar-refractivity contribution is 5.25. The number of nitrogen functional groups attached to an aromatic ring is 1. The first-order chi connectivity index (χ1) is 12.3. The van der Waals surface area contributed by atoms with E-state index in [-0.39, 0.29) is 0 Å². The van der Waals surface area contributed by atoms with E-state index in [0.29, 0.717) is 5.82 Å². The molecule has 3 nitrogen and oxygen atoms in total. The highest BCUT2D eigenvalue weighted by Gasteiger charge is 1.95. The minimum Gasteiger partial charge on any atom is -0.384 e. The third-order valence-corrected chi connectivity index (χ3v) is 4.20. The molecular formula is C22H35N3. The smallest absolute Gasteiger partial charge is 0.123 e. The first kappa shape index (κ1) is 21.1. The van der Waals surface area contributed by atoms with Gasteiger partial charge in [0.25, 0.3) is 0 Å². The lowest BCUT2D eigenvalue weighted by molar-refractivity contribution is 0.555. The Balaban J connectivity index is 0.000000370. The number of aromatic nitrogens is 2. The maximum atomic E-state index is 5.25. The molecule has 0 radical (unpaired) electrons. The van der Waals surface area contributed by atoms with Crippen molar-refractivity contribution in [2.75, 3.05) is 5.73 Å². The number of unbranched alkanes of at least 4 members (excludes halogenated alkanes) is 9. The summed E-state index contributed by atoms with van der Waals surface area (Å²) in [5.41, 5.74) is 6.49. The summed E-state index contributed by atoms with van der Waals surface area (Å²) < 4.78 is 0. The van der Waals surface area contributed by atoms with E-state index < -0.39 is 0 Å². The topological polar surface area (TPSA) is 51.8 Å². The average molecular weight is 342 g/mol. The van der Waals surface area contributed by atoms with Gasteiger partial charge in [0.15, 0.2) is 0 Å². The first-order valence-electron chi connectivity index (χ1n) is 9.89. The fourth-order valence-corrected chi connectivity index (χ4v) is 2.72. The SMILES string of the molecule is CCCCCCCCCCCCc1ccccn1.Nc1ccccn1. The van der Waals surface area contributed by atoms with Crippen molar-refractivity contribution in [3.63, 3.8) is 0 Å². The van der Waals surface area contributed by atoms with Crippen LogP contribution in [0, 0.1) is 0 Å². The number of rotatable bonds is 11. The van der Waals surface area contributed by atoms with Crippen LogP contribution < -0.4 is 5.73 Å². The standard InChI is InChI=1S/C17H29N.C5H6N2/c1-2-3-4-5-6-7-8-9-10-11-14-17-15-12-13-16-18-17;6-5-3-1-2-4-7-5/h12-13,15-16H,2-11,14H2,1H3;1-4H,(H2,6,7). The second kappa shape index (κ2) is 15.6. The zero-order chi connectivity index (χ0) is 18.0. The van der Waals surface area contributed by atoms with Crippen molar-refractivity contribution in [3.8, 4) is 0 Å². The number of hydrogen-bond donors (Lipinski definition) is 1. The quantitative estimate of drug-likeness (QED) is 0.494. The summed E-state index contributed by atoms with van der Waals surface area (Å²) in [6.45, 7) is 2.28. The normalized spacial score (nSPS) is 10.1. The van der Waals surface area contributed by atoms with Crippen LogP contribution in [0.1, 0.15) is 76.8 Å². The third-order valence-electron chi connectivity index (χ3n) is 4.20. The molecule has 0 bridgehead atoms. The van der Waals surface area contributed by atoms with Crippen molar-refractivity contribution < 1.29 is 0 Å². The molecule has 3 heteroatoms. The van der Waals surface area contributed by atoms with Crippen LogP contribution in [0.3, 0.4) is 0 Å². The van der Waals surface area contributed by atoms with Crippen molar-refractivity contribution in [1.29, 1.82) is 0 Å². The van der Waals surface area contributed by atoms with E-state index in [1.165, 1.54) is 69.9 Å². The Labute approximate surface area is 154 Å². The molecule has 0 aliphatic heterocycles. The molecule has 138 valence electrons. The molecule has 0 aliphatic rings. The molecule has 0 fully saturated rings. The zero-order valence-electron chi connectivity index (χ0n) is 15.9. The van der Waals surface area contributed by atoms with Gasteiger partial charge in [-0.3, -0.25) is 4.98 Å². The number of pyridine rings is 2. The van der Waals surface area contributed by atoms with Crippen molar-refractivity contribution in [3.05, 3.63) is 54.5 Å². The minimum absolute atomic E-state index is 0.572. The summed E-state index contributed by atoms with van der Waals surface area (Å²) in [6.07, 6.45) is 18.7. The third kappa shape index (κ3) is 13.1. The number of aryl methyl sites for hydroxylation is 1. The maximum absolute atomic E-state index is 5.25. The van der Waals surface area contributed by atoms with Gasteiger partial charge in [0.05, 0.1) is 0 Å². The average Bonchev–Trinajstić information content (AvgIpc) is 2.65. The predicted octanol–water partition coefficient (Wildman–Crippen LogP) is 6.21. The lowest BCUT2D eigenvalue weighted by Gasteiger charge is -2.02. The molecule has 2 rings (SSSR count). The molecule has 0 amide bonds. The molecule has 2 aromatic rings. The highest BCUT2D eigenvalue weighted by atomic mass is 14.8. The summed E-state index contributed by atoms with van der Waals surface area (Å²) in [5.74, 6) is 0.572. The predicted molar refractivity (Wildman–Crippen MR) is 108 cm³/mol. The highest BCUT2D eigenvalue weighted by Crippen LogP contribution is 2.11. The van der Waals surface area contributed by atoms with Crippen LogP contribution >= 0.6 is 0 Å². The van der Waals surface area contributed by atoms with E-state index in [2.05, 4.69) is 29.0 Å². The van der Waals surface area contributed by atoms with E-state index >= 15 is 0 Å². The van der Waals surface area contributed by atoms with Crippen LogP contribution in [0.5, 0.6) is 0 Å². The van der Waals surface area contributed by atoms with Crippen LogP contribution in [0.15, 0.2) is 48.8 Å². The Bertz CT molecular complexity index is 499. The summed E-state index contributed by atoms with van der Waals surface area (Å²) in [6, 6.07) is 11.6. The number of nitrogens with two attached hydrogens (primary N) is 1. The lowest BCUT2D eigenvalue weighted by atomic mass is 10.1. The molecule has 25 heavy (non-hydrogen) atoms. The molecule has 2 aromatic heterocycles. The van der Waals surface area contributed by atoms with Crippen LogP contribution in [-0.2, 0) is 6.42 Å². The second-order valence-corrected chi connectivity index (χ2v) is 6.51.